The number of H-pyrrole nitrogens is 1. The van der Waals surface area contributed by atoms with Crippen molar-refractivity contribution in [1.29, 1.82) is 5.26 Å². The molecule has 0 spiro atoms. The first-order chi connectivity index (χ1) is 4.34. The SMILES string of the molecule is N#CCn1cn[nH]c1=O. The fraction of sp³-hybridized carbons (Fsp3) is 0.250. The summed E-state index contributed by atoms with van der Waals surface area (Å²) in [5.74, 6) is 0. The molecule has 0 aliphatic carbocycles. The van der Waals surface area contributed by atoms with Gasteiger partial charge in [0.05, 0.1) is 6.07 Å². The van der Waals surface area contributed by atoms with E-state index in [1.807, 2.05) is 6.07 Å². The topological polar surface area (TPSA) is 74.5 Å². The Hall–Kier alpha value is -1.57. The first-order valence-electron chi connectivity index (χ1n) is 2.31. The van der Waals surface area contributed by atoms with E-state index >= 15 is 0 Å². The minimum atomic E-state index is -0.350. The van der Waals surface area contributed by atoms with E-state index in [0.717, 1.165) is 0 Å². The molecule has 0 aliphatic heterocycles. The van der Waals surface area contributed by atoms with E-state index in [4.69, 9.17) is 5.26 Å². The zero-order valence-corrected chi connectivity index (χ0v) is 4.53. The van der Waals surface area contributed by atoms with Gasteiger partial charge in [0.1, 0.15) is 12.9 Å². The maximum Gasteiger partial charge on any atom is 0.344 e. The van der Waals surface area contributed by atoms with Crippen LogP contribution in [-0.2, 0) is 6.54 Å². The molecule has 0 saturated heterocycles. The summed E-state index contributed by atoms with van der Waals surface area (Å²) in [5.41, 5.74) is -0.350. The van der Waals surface area contributed by atoms with Gasteiger partial charge in [-0.3, -0.25) is 4.57 Å². The fourth-order valence-electron chi connectivity index (χ4n) is 0.459. The van der Waals surface area contributed by atoms with E-state index in [9.17, 15) is 4.79 Å². The molecule has 5 nitrogen and oxygen atoms in total. The quantitative estimate of drug-likeness (QED) is 0.526. The molecule has 1 heterocycles. The fourth-order valence-corrected chi connectivity index (χ4v) is 0.459. The standard InChI is InChI=1S/C4H4N4O/c5-1-2-8-3-6-7-4(8)9/h3H,2H2,(H,7,9). The number of nitrogens with one attached hydrogen (secondary N) is 1. The molecular weight excluding hydrogens is 120 g/mol. The van der Waals surface area contributed by atoms with Gasteiger partial charge in [-0.05, 0) is 0 Å². The maximum absolute atomic E-state index is 10.5. The van der Waals surface area contributed by atoms with Crippen LogP contribution in [0.1, 0.15) is 0 Å². The number of nitrogens with zero attached hydrogens (tertiary/aromatic N) is 3. The number of hydrogen-bond acceptors (Lipinski definition) is 3. The van der Waals surface area contributed by atoms with Crippen LogP contribution >= 0.6 is 0 Å². The molecule has 1 aromatic heterocycles. The summed E-state index contributed by atoms with van der Waals surface area (Å²) in [7, 11) is 0. The predicted octanol–water partition coefficient (Wildman–Crippen LogP) is -0.905. The van der Waals surface area contributed by atoms with Gasteiger partial charge >= 0.3 is 5.69 Å². The van der Waals surface area contributed by atoms with Crippen LogP contribution in [0, 0.1) is 11.3 Å². The lowest BCUT2D eigenvalue weighted by molar-refractivity contribution is 0.790. The van der Waals surface area contributed by atoms with Gasteiger partial charge in [0.15, 0.2) is 0 Å². The minimum Gasteiger partial charge on any atom is -0.268 e. The molecule has 0 radical (unpaired) electrons. The molecule has 0 atom stereocenters. The maximum atomic E-state index is 10.5. The normalized spacial score (nSPS) is 8.78. The zero-order chi connectivity index (χ0) is 6.69. The molecule has 0 bridgehead atoms. The van der Waals surface area contributed by atoms with Crippen LogP contribution in [0.3, 0.4) is 0 Å². The van der Waals surface area contributed by atoms with Crippen LogP contribution in [0.4, 0.5) is 0 Å². The van der Waals surface area contributed by atoms with Crippen molar-refractivity contribution in [3.8, 4) is 6.07 Å². The van der Waals surface area contributed by atoms with E-state index in [-0.39, 0.29) is 12.2 Å². The largest absolute Gasteiger partial charge is 0.344 e. The van der Waals surface area contributed by atoms with Crippen molar-refractivity contribution >= 4 is 0 Å². The Bertz CT molecular complexity index is 277. The second kappa shape index (κ2) is 2.13. The van der Waals surface area contributed by atoms with Gasteiger partial charge in [-0.2, -0.15) is 10.4 Å². The van der Waals surface area contributed by atoms with Gasteiger partial charge in [0.25, 0.3) is 0 Å². The van der Waals surface area contributed by atoms with Crippen LogP contribution in [0.5, 0.6) is 0 Å². The molecule has 0 fully saturated rings. The molecular formula is C4H4N4O. The molecule has 9 heavy (non-hydrogen) atoms. The number of nitriles is 1. The molecule has 5 heteroatoms. The van der Waals surface area contributed by atoms with Crippen molar-refractivity contribution in [2.45, 2.75) is 6.54 Å². The summed E-state index contributed by atoms with van der Waals surface area (Å²) in [6.45, 7) is 0.0509. The van der Waals surface area contributed by atoms with Crippen molar-refractivity contribution in [3.63, 3.8) is 0 Å². The van der Waals surface area contributed by atoms with Gasteiger partial charge in [-0.25, -0.2) is 9.89 Å². The summed E-state index contributed by atoms with van der Waals surface area (Å²) < 4.78 is 1.18. The molecule has 1 rings (SSSR count). The molecule has 0 amide bonds. The number of aromatic nitrogens is 3. The van der Waals surface area contributed by atoms with Crippen LogP contribution < -0.4 is 5.69 Å². The Kier molecular flexibility index (Phi) is 1.32. The average Bonchev–Trinajstić information content (AvgIpc) is 2.18. The van der Waals surface area contributed by atoms with Crippen molar-refractivity contribution in [2.75, 3.05) is 0 Å². The van der Waals surface area contributed by atoms with E-state index in [1.165, 1.54) is 10.9 Å². The number of hydrogen-bond donors (Lipinski definition) is 1. The smallest absolute Gasteiger partial charge is 0.268 e. The highest BCUT2D eigenvalue weighted by Crippen LogP contribution is 1.69. The van der Waals surface area contributed by atoms with Crippen molar-refractivity contribution in [1.82, 2.24) is 14.8 Å². The lowest BCUT2D eigenvalue weighted by Crippen LogP contribution is -2.15. The predicted molar refractivity (Wildman–Crippen MR) is 28.5 cm³/mol. The van der Waals surface area contributed by atoms with Crippen LogP contribution in [-0.4, -0.2) is 14.8 Å². The Labute approximate surface area is 50.5 Å². The summed E-state index contributed by atoms with van der Waals surface area (Å²) >= 11 is 0. The van der Waals surface area contributed by atoms with E-state index in [1.54, 1.807) is 0 Å². The van der Waals surface area contributed by atoms with Crippen molar-refractivity contribution < 1.29 is 0 Å². The third-order valence-corrected chi connectivity index (χ3v) is 0.859. The molecule has 0 aromatic carbocycles. The summed E-state index contributed by atoms with van der Waals surface area (Å²) in [6.07, 6.45) is 1.28. The molecule has 0 unspecified atom stereocenters. The first-order valence-corrected chi connectivity index (χ1v) is 2.31. The Balaban J connectivity index is 2.98. The van der Waals surface area contributed by atoms with Gasteiger partial charge in [-0.1, -0.05) is 0 Å². The van der Waals surface area contributed by atoms with Gasteiger partial charge in [0.2, 0.25) is 0 Å². The third-order valence-electron chi connectivity index (χ3n) is 0.859. The lowest BCUT2D eigenvalue weighted by atomic mass is 10.7. The van der Waals surface area contributed by atoms with Gasteiger partial charge in [0, 0.05) is 0 Å². The van der Waals surface area contributed by atoms with Crippen LogP contribution in [0.25, 0.3) is 0 Å². The minimum absolute atomic E-state index is 0.0509. The Morgan fingerprint density at radius 2 is 2.78 bits per heavy atom. The van der Waals surface area contributed by atoms with Crippen molar-refractivity contribution in [3.05, 3.63) is 16.8 Å². The summed E-state index contributed by atoms with van der Waals surface area (Å²) in [4.78, 5) is 10.5. The van der Waals surface area contributed by atoms with Crippen LogP contribution in [0.2, 0.25) is 0 Å². The molecule has 1 N–H and O–H groups in total. The highest BCUT2D eigenvalue weighted by Gasteiger charge is 1.91. The highest BCUT2D eigenvalue weighted by molar-refractivity contribution is 4.74. The molecule has 46 valence electrons. The molecule has 0 aliphatic rings. The van der Waals surface area contributed by atoms with E-state index in [2.05, 4.69) is 10.2 Å². The summed E-state index contributed by atoms with van der Waals surface area (Å²) in [5, 5.41) is 13.7. The number of rotatable bonds is 1. The molecule has 0 saturated carbocycles. The van der Waals surface area contributed by atoms with E-state index < -0.39 is 0 Å². The third kappa shape index (κ3) is 0.966. The van der Waals surface area contributed by atoms with Gasteiger partial charge in [-0.15, -0.1) is 0 Å². The first kappa shape index (κ1) is 5.56. The monoisotopic (exact) mass is 124 g/mol. The zero-order valence-electron chi connectivity index (χ0n) is 4.53. The average molecular weight is 124 g/mol. The second-order valence-corrected chi connectivity index (χ2v) is 1.45. The Morgan fingerprint density at radius 1 is 2.00 bits per heavy atom. The summed E-state index contributed by atoms with van der Waals surface area (Å²) in [6, 6.07) is 1.81. The molecule has 1 aromatic rings. The van der Waals surface area contributed by atoms with E-state index in [0.29, 0.717) is 0 Å². The second-order valence-electron chi connectivity index (χ2n) is 1.45. The lowest BCUT2D eigenvalue weighted by Gasteiger charge is -1.83. The van der Waals surface area contributed by atoms with Crippen LogP contribution in [0.15, 0.2) is 11.1 Å². The Morgan fingerprint density at radius 3 is 3.22 bits per heavy atom. The number of aromatic amines is 1. The van der Waals surface area contributed by atoms with Crippen molar-refractivity contribution in [2.24, 2.45) is 0 Å². The highest BCUT2D eigenvalue weighted by atomic mass is 16.1. The van der Waals surface area contributed by atoms with Gasteiger partial charge < -0.3 is 0 Å².